The maximum absolute atomic E-state index is 12.1. The fourth-order valence-corrected chi connectivity index (χ4v) is 4.67. The number of pyridine rings is 1. The Morgan fingerprint density at radius 2 is 1.83 bits per heavy atom. The van der Waals surface area contributed by atoms with Crippen molar-refractivity contribution < 1.29 is 4.21 Å². The number of nitrogens with one attached hydrogen (secondary N) is 1. The summed E-state index contributed by atoms with van der Waals surface area (Å²) in [7, 11) is -0.158. The van der Waals surface area contributed by atoms with E-state index in [9.17, 15) is 4.21 Å². The van der Waals surface area contributed by atoms with Crippen LogP contribution in [0.1, 0.15) is 5.56 Å². The molecule has 4 aromatic rings. The van der Waals surface area contributed by atoms with Gasteiger partial charge in [0.15, 0.2) is 17.3 Å². The van der Waals surface area contributed by atoms with Crippen LogP contribution in [0, 0.1) is 6.92 Å². The first-order valence-electron chi connectivity index (χ1n) is 11.4. The minimum Gasteiger partial charge on any atom is -0.369 e. The molecule has 4 heterocycles. The molecule has 1 fully saturated rings. The Bertz CT molecular complexity index is 1490. The van der Waals surface area contributed by atoms with Crippen molar-refractivity contribution in [2.75, 3.05) is 56.0 Å². The van der Waals surface area contributed by atoms with Crippen molar-refractivity contribution in [2.45, 2.75) is 6.92 Å². The average Bonchev–Trinajstić information content (AvgIpc) is 3.22. The fraction of sp³-hybridized carbons (Fsp3) is 0.333. The molecule has 1 aliphatic rings. The quantitative estimate of drug-likeness (QED) is 0.453. The highest BCUT2D eigenvalue weighted by Crippen LogP contribution is 2.26. The summed E-state index contributed by atoms with van der Waals surface area (Å²) >= 11 is 0. The molecule has 0 radical (unpaired) electrons. The van der Waals surface area contributed by atoms with Crippen molar-refractivity contribution in [3.05, 3.63) is 54.4 Å². The van der Waals surface area contributed by atoms with E-state index in [2.05, 4.69) is 66.7 Å². The van der Waals surface area contributed by atoms with Gasteiger partial charge < -0.3 is 15.1 Å². The molecule has 1 aromatic carbocycles. The number of hydrogen-bond donors (Lipinski definition) is 1. The Balaban J connectivity index is 1.41. The van der Waals surface area contributed by atoms with Gasteiger partial charge in [-0.15, -0.1) is 0 Å². The van der Waals surface area contributed by atoms with Crippen LogP contribution in [0.15, 0.2) is 53.2 Å². The number of fused-ring (bicyclic) bond motifs is 1. The van der Waals surface area contributed by atoms with Crippen LogP contribution in [0.2, 0.25) is 0 Å². The van der Waals surface area contributed by atoms with Crippen molar-refractivity contribution in [1.82, 2.24) is 29.6 Å². The van der Waals surface area contributed by atoms with Crippen LogP contribution in [0.4, 0.5) is 23.1 Å². The molecule has 11 heteroatoms. The highest BCUT2D eigenvalue weighted by molar-refractivity contribution is 7.92. The lowest BCUT2D eigenvalue weighted by atomic mass is 10.1. The molecule has 5 rings (SSSR count). The van der Waals surface area contributed by atoms with Crippen molar-refractivity contribution in [3.63, 3.8) is 0 Å². The van der Waals surface area contributed by atoms with Gasteiger partial charge in [0, 0.05) is 66.0 Å². The van der Waals surface area contributed by atoms with E-state index in [1.165, 1.54) is 11.3 Å². The average molecular weight is 492 g/mol. The molecular weight excluding hydrogens is 462 g/mol. The highest BCUT2D eigenvalue weighted by Gasteiger charge is 2.16. The summed E-state index contributed by atoms with van der Waals surface area (Å²) < 4.78 is 17.9. The van der Waals surface area contributed by atoms with E-state index >= 15 is 0 Å². The number of nitrogens with zero attached hydrogens (tertiary/aromatic N) is 8. The maximum Gasteiger partial charge on any atom is 0.229 e. The Morgan fingerprint density at radius 3 is 2.57 bits per heavy atom. The molecule has 0 unspecified atom stereocenters. The van der Waals surface area contributed by atoms with Gasteiger partial charge in [0.25, 0.3) is 0 Å². The van der Waals surface area contributed by atoms with Gasteiger partial charge in [-0.1, -0.05) is 6.07 Å². The third-order valence-electron chi connectivity index (χ3n) is 5.86. The second-order valence-electron chi connectivity index (χ2n) is 9.07. The van der Waals surface area contributed by atoms with Crippen molar-refractivity contribution >= 4 is 43.9 Å². The van der Waals surface area contributed by atoms with Crippen LogP contribution in [0.25, 0.3) is 16.9 Å². The molecule has 182 valence electrons. The predicted octanol–water partition coefficient (Wildman–Crippen LogP) is 3.37. The van der Waals surface area contributed by atoms with Gasteiger partial charge in [0.05, 0.1) is 11.6 Å². The molecule has 0 bridgehead atoms. The summed E-state index contributed by atoms with van der Waals surface area (Å²) in [5.41, 5.74) is 4.01. The Labute approximate surface area is 205 Å². The SMILES string of the molecule is Cc1cc(Nc2ncc3cnn(-c4cccc(N=S(C)(C)=O)n4)c3n2)ccc1N1CCN(C)CC1. The zero-order valence-corrected chi connectivity index (χ0v) is 21.2. The van der Waals surface area contributed by atoms with E-state index in [-0.39, 0.29) is 0 Å². The largest absolute Gasteiger partial charge is 0.369 e. The molecule has 1 saturated heterocycles. The molecule has 0 spiro atoms. The number of aryl methyl sites for hydroxylation is 1. The minimum atomic E-state index is -2.32. The van der Waals surface area contributed by atoms with Gasteiger partial charge in [-0.3, -0.25) is 0 Å². The normalized spacial score (nSPS) is 14.9. The zero-order chi connectivity index (χ0) is 24.6. The summed E-state index contributed by atoms with van der Waals surface area (Å²) in [5.74, 6) is 1.41. The molecule has 1 aliphatic heterocycles. The van der Waals surface area contributed by atoms with Gasteiger partial charge in [-0.25, -0.2) is 14.2 Å². The van der Waals surface area contributed by atoms with E-state index in [4.69, 9.17) is 4.98 Å². The number of rotatable bonds is 5. The maximum atomic E-state index is 12.1. The van der Waals surface area contributed by atoms with Crippen LogP contribution in [-0.2, 0) is 9.73 Å². The van der Waals surface area contributed by atoms with E-state index in [1.54, 1.807) is 35.7 Å². The number of hydrogen-bond acceptors (Lipinski definition) is 9. The molecule has 0 aliphatic carbocycles. The summed E-state index contributed by atoms with van der Waals surface area (Å²) in [6.07, 6.45) is 6.59. The Morgan fingerprint density at radius 1 is 1.03 bits per heavy atom. The van der Waals surface area contributed by atoms with E-state index < -0.39 is 9.73 Å². The summed E-state index contributed by atoms with van der Waals surface area (Å²) in [6.45, 7) is 6.34. The second kappa shape index (κ2) is 9.23. The molecule has 1 N–H and O–H groups in total. The van der Waals surface area contributed by atoms with Crippen LogP contribution in [-0.4, -0.2) is 79.6 Å². The van der Waals surface area contributed by atoms with Crippen LogP contribution >= 0.6 is 0 Å². The highest BCUT2D eigenvalue weighted by atomic mass is 32.2. The molecule has 0 saturated carbocycles. The van der Waals surface area contributed by atoms with Gasteiger partial charge >= 0.3 is 0 Å². The first kappa shape index (κ1) is 23.2. The van der Waals surface area contributed by atoms with Gasteiger partial charge in [-0.2, -0.15) is 19.1 Å². The molecule has 0 atom stereocenters. The summed E-state index contributed by atoms with van der Waals surface area (Å²) in [6, 6.07) is 11.7. The fourth-order valence-electron chi connectivity index (χ4n) is 4.12. The number of likely N-dealkylation sites (N-methyl/N-ethyl adjacent to an activating group) is 1. The standard InChI is InChI=1S/C24H29N9OS/c1-17-14-19(8-9-20(17)32-12-10-31(2)11-13-32)27-24-25-15-18-16-26-33(23(18)29-24)22-7-5-6-21(28-22)30-35(3,4)34/h5-9,14-16H,10-13H2,1-4H3,(H,25,27,29). The van der Waals surface area contributed by atoms with Crippen molar-refractivity contribution in [2.24, 2.45) is 4.36 Å². The Hall–Kier alpha value is -3.57. The number of piperazine rings is 1. The molecule has 3 aromatic heterocycles. The smallest absolute Gasteiger partial charge is 0.229 e. The van der Waals surface area contributed by atoms with Gasteiger partial charge in [-0.05, 0) is 49.9 Å². The van der Waals surface area contributed by atoms with Gasteiger partial charge in [0.1, 0.15) is 0 Å². The van der Waals surface area contributed by atoms with Gasteiger partial charge in [0.2, 0.25) is 5.95 Å². The minimum absolute atomic E-state index is 0.393. The zero-order valence-electron chi connectivity index (χ0n) is 20.3. The molecule has 10 nitrogen and oxygen atoms in total. The third kappa shape index (κ3) is 5.25. The lowest BCUT2D eigenvalue weighted by Crippen LogP contribution is -2.44. The van der Waals surface area contributed by atoms with Crippen LogP contribution in [0.5, 0.6) is 0 Å². The second-order valence-corrected chi connectivity index (χ2v) is 11.6. The van der Waals surface area contributed by atoms with Crippen molar-refractivity contribution in [3.8, 4) is 5.82 Å². The lowest BCUT2D eigenvalue weighted by Gasteiger charge is -2.35. The number of benzene rings is 1. The number of anilines is 3. The van der Waals surface area contributed by atoms with Crippen LogP contribution < -0.4 is 10.2 Å². The first-order chi connectivity index (χ1) is 16.7. The van der Waals surface area contributed by atoms with E-state index in [0.717, 1.165) is 37.3 Å². The van der Waals surface area contributed by atoms with E-state index in [0.29, 0.717) is 23.2 Å². The monoisotopic (exact) mass is 491 g/mol. The summed E-state index contributed by atoms with van der Waals surface area (Å²) in [4.78, 5) is 18.4. The molecule has 35 heavy (non-hydrogen) atoms. The summed E-state index contributed by atoms with van der Waals surface area (Å²) in [5, 5.41) is 8.54. The van der Waals surface area contributed by atoms with Crippen molar-refractivity contribution in [1.29, 1.82) is 0 Å². The predicted molar refractivity (Wildman–Crippen MR) is 141 cm³/mol. The third-order valence-corrected chi connectivity index (χ3v) is 6.48. The Kier molecular flexibility index (Phi) is 6.12. The first-order valence-corrected chi connectivity index (χ1v) is 13.7. The lowest BCUT2D eigenvalue weighted by molar-refractivity contribution is 0.312. The van der Waals surface area contributed by atoms with E-state index in [1.807, 2.05) is 12.1 Å². The molecular formula is C24H29N9OS. The molecule has 0 amide bonds. The topological polar surface area (TPSA) is 104 Å². The van der Waals surface area contributed by atoms with Crippen LogP contribution in [0.3, 0.4) is 0 Å². The number of aromatic nitrogens is 5.